The third kappa shape index (κ3) is 9.08. The molecule has 222 valence electrons. The third-order valence-electron chi connectivity index (χ3n) is 5.82. The van der Waals surface area contributed by atoms with Gasteiger partial charge in [-0.25, -0.2) is 0 Å². The summed E-state index contributed by atoms with van der Waals surface area (Å²) in [6.45, 7) is 4.04. The van der Waals surface area contributed by atoms with Crippen LogP contribution in [0.4, 0.5) is 18.9 Å². The van der Waals surface area contributed by atoms with E-state index >= 15 is 0 Å². The lowest BCUT2D eigenvalue weighted by Gasteiger charge is -2.18. The highest BCUT2D eigenvalue weighted by molar-refractivity contribution is 6.47. The fourth-order valence-corrected chi connectivity index (χ4v) is 3.63. The summed E-state index contributed by atoms with van der Waals surface area (Å²) >= 11 is 0. The predicted molar refractivity (Wildman–Crippen MR) is 154 cm³/mol. The number of oxime groups is 3. The monoisotopic (exact) mass is 584 g/mol. The van der Waals surface area contributed by atoms with Crippen LogP contribution < -0.4 is 9.64 Å². The molecular weight excluding hydrogens is 553 g/mol. The Morgan fingerprint density at radius 2 is 1.62 bits per heavy atom. The van der Waals surface area contributed by atoms with E-state index in [4.69, 9.17) is 14.4 Å². The van der Waals surface area contributed by atoms with Gasteiger partial charge in [0.25, 0.3) is 5.91 Å². The van der Waals surface area contributed by atoms with Gasteiger partial charge in [0.1, 0.15) is 50.3 Å². The molecule has 0 spiro atoms. The van der Waals surface area contributed by atoms with Gasteiger partial charge in [0, 0.05) is 18.2 Å². The van der Waals surface area contributed by atoms with Crippen molar-refractivity contribution >= 4 is 29.2 Å². The number of amides is 1. The van der Waals surface area contributed by atoms with E-state index in [9.17, 15) is 18.0 Å². The molecule has 0 radical (unpaired) electrons. The maximum Gasteiger partial charge on any atom is 0.416 e. The Balaban J connectivity index is 1.67. The second kappa shape index (κ2) is 15.2. The number of benzene rings is 3. The minimum Gasteiger partial charge on any atom is -0.489 e. The van der Waals surface area contributed by atoms with Crippen LogP contribution in [-0.4, -0.2) is 44.3 Å². The summed E-state index contributed by atoms with van der Waals surface area (Å²) in [4.78, 5) is 29.2. The second-order valence-electron chi connectivity index (χ2n) is 8.76. The van der Waals surface area contributed by atoms with E-state index < -0.39 is 11.7 Å². The normalized spacial score (nSPS) is 12.3. The average molecular weight is 585 g/mol. The molecule has 0 saturated carbocycles. The van der Waals surface area contributed by atoms with Crippen LogP contribution >= 0.6 is 0 Å². The van der Waals surface area contributed by atoms with Crippen molar-refractivity contribution in [2.24, 2.45) is 15.5 Å². The van der Waals surface area contributed by atoms with Crippen molar-refractivity contribution < 1.29 is 37.2 Å². The molecule has 0 fully saturated rings. The summed E-state index contributed by atoms with van der Waals surface area (Å²) in [7, 11) is 2.96. The molecule has 0 aromatic heterocycles. The van der Waals surface area contributed by atoms with Gasteiger partial charge in [0.05, 0.1) is 11.3 Å². The number of carbonyl (C=O) groups excluding carboxylic acids is 1. The number of halogens is 3. The lowest BCUT2D eigenvalue weighted by molar-refractivity contribution is -0.137. The molecule has 0 unspecified atom stereocenters. The molecule has 0 aliphatic carbocycles. The number of hydrogen-bond donors (Lipinski definition) is 0. The maximum absolute atomic E-state index is 12.8. The predicted octanol–water partition coefficient (Wildman–Crippen LogP) is 6.21. The summed E-state index contributed by atoms with van der Waals surface area (Å²) < 4.78 is 44.0. The topological polar surface area (TPSA) is 94.3 Å². The first-order valence-electron chi connectivity index (χ1n) is 12.8. The van der Waals surface area contributed by atoms with Crippen LogP contribution in [0.1, 0.15) is 36.1 Å². The molecule has 1 amide bonds. The summed E-state index contributed by atoms with van der Waals surface area (Å²) in [5, 5.41) is 11.9. The summed E-state index contributed by atoms with van der Waals surface area (Å²) in [6, 6.07) is 19.0. The molecule has 0 aliphatic rings. The Morgan fingerprint density at radius 3 is 2.26 bits per heavy atom. The van der Waals surface area contributed by atoms with E-state index in [1.165, 1.54) is 24.1 Å². The number of rotatable bonds is 13. The number of anilines is 1. The molecule has 3 aromatic rings. The Bertz CT molecular complexity index is 1410. The molecule has 0 bridgehead atoms. The zero-order valence-electron chi connectivity index (χ0n) is 23.6. The minimum absolute atomic E-state index is 0.0746. The van der Waals surface area contributed by atoms with Crippen molar-refractivity contribution in [2.45, 2.75) is 33.2 Å². The van der Waals surface area contributed by atoms with Gasteiger partial charge in [-0.2, -0.15) is 13.2 Å². The standard InChI is InChI=1S/C30H31F3N4O5/c1-5-41-36-29(21(2)35-42-20-24-8-6-7-9-27(24)37(3)28(38)18-34-39-4)23-12-16-26(17-13-23)40-19-22-10-14-25(15-11-22)30(31,32)33/h6-18H,5,19-20H2,1-4H3. The highest BCUT2D eigenvalue weighted by atomic mass is 19.4. The fraction of sp³-hybridized carbons (Fsp3) is 0.267. The summed E-state index contributed by atoms with van der Waals surface area (Å²) in [5.41, 5.74) is 2.78. The lowest BCUT2D eigenvalue weighted by atomic mass is 10.1. The van der Waals surface area contributed by atoms with Crippen LogP contribution in [-0.2, 0) is 38.7 Å². The quantitative estimate of drug-likeness (QED) is 0.176. The molecule has 3 rings (SSSR count). The summed E-state index contributed by atoms with van der Waals surface area (Å²) in [6.07, 6.45) is -3.31. The lowest BCUT2D eigenvalue weighted by Crippen LogP contribution is -2.28. The van der Waals surface area contributed by atoms with Crippen LogP contribution in [0.5, 0.6) is 5.75 Å². The van der Waals surface area contributed by atoms with E-state index in [-0.39, 0.29) is 19.1 Å². The average Bonchev–Trinajstić information content (AvgIpc) is 2.99. The largest absolute Gasteiger partial charge is 0.489 e. The molecular formula is C30H31F3N4O5. The van der Waals surface area contributed by atoms with E-state index in [0.717, 1.165) is 18.3 Å². The first-order chi connectivity index (χ1) is 20.1. The fourth-order valence-electron chi connectivity index (χ4n) is 3.63. The number of para-hydroxylation sites is 1. The molecule has 0 aliphatic heterocycles. The van der Waals surface area contributed by atoms with Crippen LogP contribution in [0.3, 0.4) is 0 Å². The van der Waals surface area contributed by atoms with Gasteiger partial charge in [-0.3, -0.25) is 4.79 Å². The van der Waals surface area contributed by atoms with Crippen molar-refractivity contribution in [2.75, 3.05) is 25.7 Å². The number of ether oxygens (including phenoxy) is 1. The first-order valence-corrected chi connectivity index (χ1v) is 12.8. The molecule has 3 aromatic carbocycles. The zero-order valence-corrected chi connectivity index (χ0v) is 23.6. The zero-order chi connectivity index (χ0) is 30.5. The van der Waals surface area contributed by atoms with E-state index in [0.29, 0.717) is 46.2 Å². The highest BCUT2D eigenvalue weighted by Crippen LogP contribution is 2.29. The van der Waals surface area contributed by atoms with E-state index in [2.05, 4.69) is 20.3 Å². The Morgan fingerprint density at radius 1 is 0.929 bits per heavy atom. The van der Waals surface area contributed by atoms with Gasteiger partial charge >= 0.3 is 6.18 Å². The molecule has 0 N–H and O–H groups in total. The Kier molecular flexibility index (Phi) is 11.5. The number of alkyl halides is 3. The van der Waals surface area contributed by atoms with Crippen molar-refractivity contribution in [3.63, 3.8) is 0 Å². The number of nitrogens with zero attached hydrogens (tertiary/aromatic N) is 4. The van der Waals surface area contributed by atoms with Gasteiger partial charge in [-0.1, -0.05) is 45.8 Å². The van der Waals surface area contributed by atoms with Gasteiger partial charge in [-0.15, -0.1) is 0 Å². The minimum atomic E-state index is -4.39. The van der Waals surface area contributed by atoms with Crippen LogP contribution in [0.25, 0.3) is 0 Å². The molecule has 42 heavy (non-hydrogen) atoms. The molecule has 0 saturated heterocycles. The van der Waals surface area contributed by atoms with Crippen LogP contribution in [0, 0.1) is 0 Å². The number of carbonyl (C=O) groups is 1. The first kappa shape index (κ1) is 31.7. The SMILES string of the molecule is CCON=C(C(C)=NOCc1ccccc1N(C)C(=O)C=NOC)c1ccc(OCc2ccc(C(F)(F)F)cc2)cc1. The van der Waals surface area contributed by atoms with Crippen LogP contribution in [0.2, 0.25) is 0 Å². The molecule has 12 heteroatoms. The van der Waals surface area contributed by atoms with Gasteiger partial charge in [0.2, 0.25) is 0 Å². The Labute approximate surface area is 241 Å². The van der Waals surface area contributed by atoms with Crippen molar-refractivity contribution in [3.05, 3.63) is 95.1 Å². The molecule has 0 heterocycles. The molecule has 9 nitrogen and oxygen atoms in total. The summed E-state index contributed by atoms with van der Waals surface area (Å²) in [5.74, 6) is 0.146. The van der Waals surface area contributed by atoms with Crippen molar-refractivity contribution in [1.29, 1.82) is 0 Å². The molecule has 0 atom stereocenters. The van der Waals surface area contributed by atoms with E-state index in [1.54, 1.807) is 57.3 Å². The second-order valence-corrected chi connectivity index (χ2v) is 8.76. The maximum atomic E-state index is 12.8. The van der Waals surface area contributed by atoms with Crippen molar-refractivity contribution in [1.82, 2.24) is 0 Å². The van der Waals surface area contributed by atoms with Gasteiger partial charge < -0.3 is 24.1 Å². The van der Waals surface area contributed by atoms with Gasteiger partial charge in [0.15, 0.2) is 0 Å². The Hall–Kier alpha value is -4.87. The smallest absolute Gasteiger partial charge is 0.416 e. The van der Waals surface area contributed by atoms with Crippen molar-refractivity contribution in [3.8, 4) is 5.75 Å². The number of hydrogen-bond acceptors (Lipinski definition) is 8. The van der Waals surface area contributed by atoms with E-state index in [1.807, 2.05) is 12.1 Å². The highest BCUT2D eigenvalue weighted by Gasteiger charge is 2.29. The van der Waals surface area contributed by atoms with Crippen LogP contribution in [0.15, 0.2) is 88.3 Å². The van der Waals surface area contributed by atoms with Gasteiger partial charge in [-0.05, 0) is 61.9 Å². The third-order valence-corrected chi connectivity index (χ3v) is 5.82.